The number of halogens is 4. The zero-order valence-electron chi connectivity index (χ0n) is 17.0. The summed E-state index contributed by atoms with van der Waals surface area (Å²) >= 11 is 0. The molecule has 0 saturated heterocycles. The van der Waals surface area contributed by atoms with E-state index >= 15 is 0 Å². The van der Waals surface area contributed by atoms with E-state index in [4.69, 9.17) is 0 Å². The van der Waals surface area contributed by atoms with Crippen molar-refractivity contribution in [2.24, 2.45) is 0 Å². The van der Waals surface area contributed by atoms with E-state index in [2.05, 4.69) is 5.10 Å². The summed E-state index contributed by atoms with van der Waals surface area (Å²) in [5.74, 6) is -3.65. The Hall–Kier alpha value is -3.16. The maximum Gasteiger partial charge on any atom is 0.227 e. The predicted molar refractivity (Wildman–Crippen MR) is 104 cm³/mol. The zero-order valence-corrected chi connectivity index (χ0v) is 17.0. The highest BCUT2D eigenvalue weighted by atomic mass is 19.2. The van der Waals surface area contributed by atoms with Gasteiger partial charge in [0.05, 0.1) is 18.2 Å². The Morgan fingerprint density at radius 3 is 2.37 bits per heavy atom. The van der Waals surface area contributed by atoms with Crippen LogP contribution in [0.5, 0.6) is 0 Å². The topological polar surface area (TPSA) is 38.1 Å². The fraction of sp³-hybridized carbons (Fsp3) is 0.273. The first-order chi connectivity index (χ1) is 14.1. The predicted octanol–water partition coefficient (Wildman–Crippen LogP) is 4.81. The second kappa shape index (κ2) is 8.30. The van der Waals surface area contributed by atoms with Gasteiger partial charge >= 0.3 is 0 Å². The molecule has 0 aliphatic carbocycles. The number of carbonyl (C=O) groups is 1. The van der Waals surface area contributed by atoms with E-state index < -0.39 is 29.3 Å². The minimum absolute atomic E-state index is 0.00893. The normalized spacial score (nSPS) is 12.1. The van der Waals surface area contributed by atoms with Crippen LogP contribution in [0.3, 0.4) is 0 Å². The van der Waals surface area contributed by atoms with Crippen LogP contribution in [-0.4, -0.2) is 27.6 Å². The summed E-state index contributed by atoms with van der Waals surface area (Å²) in [6.07, 6.45) is -0.00893. The lowest BCUT2D eigenvalue weighted by atomic mass is 10.0. The van der Waals surface area contributed by atoms with Crippen molar-refractivity contribution in [2.45, 2.75) is 33.2 Å². The number of amides is 1. The Morgan fingerprint density at radius 1 is 1.03 bits per heavy atom. The zero-order chi connectivity index (χ0) is 22.2. The molecule has 0 fully saturated rings. The van der Waals surface area contributed by atoms with Crippen molar-refractivity contribution in [2.75, 3.05) is 7.05 Å². The summed E-state index contributed by atoms with van der Waals surface area (Å²) in [6, 6.07) is 6.22. The number of hydrogen-bond acceptors (Lipinski definition) is 2. The summed E-state index contributed by atoms with van der Waals surface area (Å²) in [4.78, 5) is 14.3. The van der Waals surface area contributed by atoms with Gasteiger partial charge < -0.3 is 4.90 Å². The van der Waals surface area contributed by atoms with Gasteiger partial charge in [0.2, 0.25) is 5.91 Å². The van der Waals surface area contributed by atoms with E-state index in [1.807, 2.05) is 0 Å². The van der Waals surface area contributed by atoms with E-state index in [1.54, 1.807) is 27.8 Å². The first-order valence-corrected chi connectivity index (χ1v) is 9.31. The summed E-state index contributed by atoms with van der Waals surface area (Å²) in [6.45, 7) is 5.11. The number of rotatable bonds is 5. The van der Waals surface area contributed by atoms with Gasteiger partial charge in [-0.15, -0.1) is 0 Å². The van der Waals surface area contributed by atoms with Crippen LogP contribution in [0.1, 0.15) is 35.5 Å². The quantitative estimate of drug-likeness (QED) is 0.557. The van der Waals surface area contributed by atoms with Crippen molar-refractivity contribution in [3.8, 4) is 5.69 Å². The molecule has 30 heavy (non-hydrogen) atoms. The molecule has 1 atom stereocenters. The SMILES string of the molecule is Cc1nn(-c2ccc(F)cc2F)c(C)c1CC(=O)N(C)C(C)c1ccc(F)c(F)c1. The maximum atomic E-state index is 14.2. The van der Waals surface area contributed by atoms with Gasteiger partial charge in [0.1, 0.15) is 11.5 Å². The molecule has 1 unspecified atom stereocenters. The molecule has 0 radical (unpaired) electrons. The molecule has 1 amide bonds. The lowest BCUT2D eigenvalue weighted by Gasteiger charge is -2.25. The molecule has 1 heterocycles. The highest BCUT2D eigenvalue weighted by Crippen LogP contribution is 2.24. The number of aromatic nitrogens is 2. The fourth-order valence-electron chi connectivity index (χ4n) is 3.31. The van der Waals surface area contributed by atoms with Gasteiger partial charge in [-0.3, -0.25) is 4.79 Å². The van der Waals surface area contributed by atoms with Crippen molar-refractivity contribution in [3.05, 3.63) is 82.2 Å². The molecule has 3 rings (SSSR count). The van der Waals surface area contributed by atoms with Crippen LogP contribution in [-0.2, 0) is 11.2 Å². The first kappa shape index (κ1) is 21.5. The molecule has 3 aromatic rings. The van der Waals surface area contributed by atoms with Crippen LogP contribution in [0.15, 0.2) is 36.4 Å². The van der Waals surface area contributed by atoms with Crippen LogP contribution < -0.4 is 0 Å². The average molecular weight is 419 g/mol. The van der Waals surface area contributed by atoms with Gasteiger partial charge in [0.25, 0.3) is 0 Å². The second-order valence-electron chi connectivity index (χ2n) is 7.19. The molecule has 1 aromatic heterocycles. The third-order valence-electron chi connectivity index (χ3n) is 5.31. The molecule has 2 aromatic carbocycles. The molecule has 4 nitrogen and oxygen atoms in total. The monoisotopic (exact) mass is 419 g/mol. The molecule has 0 aliphatic heterocycles. The third-order valence-corrected chi connectivity index (χ3v) is 5.31. The molecule has 0 spiro atoms. The third kappa shape index (κ3) is 4.08. The van der Waals surface area contributed by atoms with Crippen molar-refractivity contribution < 1.29 is 22.4 Å². The van der Waals surface area contributed by atoms with E-state index in [0.29, 0.717) is 22.5 Å². The first-order valence-electron chi connectivity index (χ1n) is 9.31. The molecular weight excluding hydrogens is 398 g/mol. The Kier molecular flexibility index (Phi) is 5.96. The smallest absolute Gasteiger partial charge is 0.227 e. The Morgan fingerprint density at radius 2 is 1.73 bits per heavy atom. The minimum atomic E-state index is -0.977. The standard InChI is InChI=1S/C22H21F4N3O/c1-12-17(14(3)29(27-12)21-8-6-16(23)10-20(21)26)11-22(30)28(4)13(2)15-5-7-18(24)19(25)9-15/h5-10,13H,11H2,1-4H3. The molecule has 8 heteroatoms. The van der Waals surface area contributed by atoms with E-state index in [9.17, 15) is 22.4 Å². The molecular formula is C22H21F4N3O. The van der Waals surface area contributed by atoms with Crippen LogP contribution in [0.2, 0.25) is 0 Å². The van der Waals surface area contributed by atoms with Crippen molar-refractivity contribution in [1.82, 2.24) is 14.7 Å². The molecule has 0 bridgehead atoms. The average Bonchev–Trinajstić information content (AvgIpc) is 2.97. The number of benzene rings is 2. The number of nitrogens with zero attached hydrogens (tertiary/aromatic N) is 3. The van der Waals surface area contributed by atoms with Gasteiger partial charge in [-0.05, 0) is 50.6 Å². The molecule has 0 saturated carbocycles. The molecule has 158 valence electrons. The van der Waals surface area contributed by atoms with E-state index in [0.717, 1.165) is 24.3 Å². The Labute approximate surface area is 171 Å². The number of likely N-dealkylation sites (N-methyl/N-ethyl adjacent to an activating group) is 1. The van der Waals surface area contributed by atoms with Gasteiger partial charge in [-0.1, -0.05) is 6.07 Å². The van der Waals surface area contributed by atoms with Gasteiger partial charge in [0.15, 0.2) is 17.5 Å². The number of aryl methyl sites for hydroxylation is 1. The number of carbonyl (C=O) groups excluding carboxylic acids is 1. The van der Waals surface area contributed by atoms with Crippen LogP contribution >= 0.6 is 0 Å². The lowest BCUT2D eigenvalue weighted by molar-refractivity contribution is -0.131. The summed E-state index contributed by atoms with van der Waals surface area (Å²) in [5.41, 5.74) is 2.26. The summed E-state index contributed by atoms with van der Waals surface area (Å²) in [7, 11) is 1.57. The lowest BCUT2D eigenvalue weighted by Crippen LogP contribution is -2.31. The van der Waals surface area contributed by atoms with Crippen molar-refractivity contribution in [3.63, 3.8) is 0 Å². The van der Waals surface area contributed by atoms with Gasteiger partial charge in [0, 0.05) is 24.4 Å². The minimum Gasteiger partial charge on any atom is -0.339 e. The Bertz CT molecular complexity index is 1110. The van der Waals surface area contributed by atoms with Crippen molar-refractivity contribution >= 4 is 5.91 Å². The van der Waals surface area contributed by atoms with Crippen LogP contribution in [0.25, 0.3) is 5.69 Å². The van der Waals surface area contributed by atoms with Crippen molar-refractivity contribution in [1.29, 1.82) is 0 Å². The highest BCUT2D eigenvalue weighted by Gasteiger charge is 2.23. The van der Waals surface area contributed by atoms with E-state index in [1.165, 1.54) is 21.7 Å². The summed E-state index contributed by atoms with van der Waals surface area (Å²) in [5, 5.41) is 4.30. The van der Waals surface area contributed by atoms with E-state index in [-0.39, 0.29) is 18.0 Å². The Balaban J connectivity index is 1.84. The maximum absolute atomic E-state index is 14.2. The van der Waals surface area contributed by atoms with Gasteiger partial charge in [-0.2, -0.15) is 5.10 Å². The largest absolute Gasteiger partial charge is 0.339 e. The summed E-state index contributed by atoms with van der Waals surface area (Å²) < 4.78 is 55.4. The van der Waals surface area contributed by atoms with Gasteiger partial charge in [-0.25, -0.2) is 22.2 Å². The molecule has 0 N–H and O–H groups in total. The van der Waals surface area contributed by atoms with Crippen LogP contribution in [0.4, 0.5) is 17.6 Å². The highest BCUT2D eigenvalue weighted by molar-refractivity contribution is 5.79. The second-order valence-corrected chi connectivity index (χ2v) is 7.19. The van der Waals surface area contributed by atoms with Crippen LogP contribution in [0, 0.1) is 37.1 Å². The molecule has 0 aliphatic rings. The number of hydrogen-bond donors (Lipinski definition) is 0. The fourth-order valence-corrected chi connectivity index (χ4v) is 3.31.